The average Bonchev–Trinajstić information content (AvgIpc) is 3.01. The van der Waals surface area contributed by atoms with E-state index in [0.717, 1.165) is 35.0 Å². The van der Waals surface area contributed by atoms with Crippen molar-refractivity contribution in [3.05, 3.63) is 62.3 Å². The van der Waals surface area contributed by atoms with E-state index in [2.05, 4.69) is 9.97 Å². The van der Waals surface area contributed by atoms with Crippen LogP contribution in [0.2, 0.25) is 0 Å². The molecule has 0 amide bonds. The molecule has 1 aromatic carbocycles. The van der Waals surface area contributed by atoms with Crippen molar-refractivity contribution in [2.24, 2.45) is 0 Å². The molecule has 0 bridgehead atoms. The Labute approximate surface area is 124 Å². The molecule has 0 fully saturated rings. The Bertz CT molecular complexity index is 880. The molecule has 3 aromatic rings. The van der Waals surface area contributed by atoms with Gasteiger partial charge in [0.1, 0.15) is 16.5 Å². The number of halogens is 1. The van der Waals surface area contributed by atoms with E-state index in [-0.39, 0.29) is 11.4 Å². The standard InChI is InChI=1S/C16H13FN2OS/c17-10-6-4-9(5-7-10)8-13-18-15(20)14-11-2-1-3-12(11)21-16(14)19-13/h4-7H,1-3,8H2,(H,18,19,20). The first kappa shape index (κ1) is 12.7. The monoisotopic (exact) mass is 300 g/mol. The number of rotatable bonds is 2. The Morgan fingerprint density at radius 2 is 2.05 bits per heavy atom. The Balaban J connectivity index is 1.77. The molecule has 106 valence electrons. The Hall–Kier alpha value is -2.01. The molecule has 0 spiro atoms. The van der Waals surface area contributed by atoms with E-state index in [9.17, 15) is 9.18 Å². The zero-order chi connectivity index (χ0) is 14.4. The minimum absolute atomic E-state index is 0.0449. The summed E-state index contributed by atoms with van der Waals surface area (Å²) in [6.45, 7) is 0. The van der Waals surface area contributed by atoms with Crippen LogP contribution in [0.25, 0.3) is 10.2 Å². The van der Waals surface area contributed by atoms with Gasteiger partial charge in [-0.1, -0.05) is 12.1 Å². The molecule has 0 aliphatic heterocycles. The van der Waals surface area contributed by atoms with Crippen LogP contribution in [0.4, 0.5) is 4.39 Å². The molecule has 5 heteroatoms. The fourth-order valence-corrected chi connectivity index (χ4v) is 4.21. The molecule has 21 heavy (non-hydrogen) atoms. The second-order valence-corrected chi connectivity index (χ2v) is 6.44. The summed E-state index contributed by atoms with van der Waals surface area (Å²) in [5.74, 6) is 0.379. The molecule has 4 rings (SSSR count). The number of aromatic nitrogens is 2. The Morgan fingerprint density at radius 3 is 2.86 bits per heavy atom. The summed E-state index contributed by atoms with van der Waals surface area (Å²) < 4.78 is 12.9. The highest BCUT2D eigenvalue weighted by molar-refractivity contribution is 7.18. The molecule has 0 saturated carbocycles. The fourth-order valence-electron chi connectivity index (χ4n) is 2.93. The summed E-state index contributed by atoms with van der Waals surface area (Å²) in [7, 11) is 0. The highest BCUT2D eigenvalue weighted by Crippen LogP contribution is 2.34. The van der Waals surface area contributed by atoms with Gasteiger partial charge in [0, 0.05) is 11.3 Å². The van der Waals surface area contributed by atoms with Gasteiger partial charge in [-0.3, -0.25) is 4.79 Å². The van der Waals surface area contributed by atoms with Gasteiger partial charge in [-0.25, -0.2) is 9.37 Å². The van der Waals surface area contributed by atoms with E-state index in [4.69, 9.17) is 0 Å². The van der Waals surface area contributed by atoms with Gasteiger partial charge in [-0.15, -0.1) is 11.3 Å². The van der Waals surface area contributed by atoms with Crippen LogP contribution in [0, 0.1) is 5.82 Å². The maximum Gasteiger partial charge on any atom is 0.259 e. The van der Waals surface area contributed by atoms with Crippen LogP contribution in [0.3, 0.4) is 0 Å². The topological polar surface area (TPSA) is 45.8 Å². The summed E-state index contributed by atoms with van der Waals surface area (Å²) >= 11 is 1.64. The summed E-state index contributed by atoms with van der Waals surface area (Å²) in [5.41, 5.74) is 2.08. The lowest BCUT2D eigenvalue weighted by molar-refractivity contribution is 0.627. The molecule has 1 aliphatic carbocycles. The average molecular weight is 300 g/mol. The summed E-state index contributed by atoms with van der Waals surface area (Å²) in [6.07, 6.45) is 3.68. The van der Waals surface area contributed by atoms with E-state index in [0.29, 0.717) is 12.2 Å². The number of nitrogens with zero attached hydrogens (tertiary/aromatic N) is 1. The fraction of sp³-hybridized carbons (Fsp3) is 0.250. The Kier molecular flexibility index (Phi) is 2.89. The molecule has 1 aliphatic rings. The van der Waals surface area contributed by atoms with Crippen molar-refractivity contribution >= 4 is 21.6 Å². The van der Waals surface area contributed by atoms with Crippen molar-refractivity contribution in [2.45, 2.75) is 25.7 Å². The lowest BCUT2D eigenvalue weighted by Gasteiger charge is -2.02. The number of thiophene rings is 1. The molecule has 0 atom stereocenters. The molecule has 1 N–H and O–H groups in total. The Morgan fingerprint density at radius 1 is 1.24 bits per heavy atom. The molecule has 2 aromatic heterocycles. The minimum Gasteiger partial charge on any atom is -0.310 e. The number of hydrogen-bond donors (Lipinski definition) is 1. The van der Waals surface area contributed by atoms with Crippen LogP contribution in [0.5, 0.6) is 0 Å². The zero-order valence-corrected chi connectivity index (χ0v) is 12.1. The number of nitrogens with one attached hydrogen (secondary N) is 1. The van der Waals surface area contributed by atoms with Crippen LogP contribution < -0.4 is 5.56 Å². The SMILES string of the molecule is O=c1[nH]c(Cc2ccc(F)cc2)nc2sc3c(c12)CCC3. The molecule has 0 unspecified atom stereocenters. The van der Waals surface area contributed by atoms with Crippen LogP contribution in [0.1, 0.15) is 28.2 Å². The van der Waals surface area contributed by atoms with Crippen molar-refractivity contribution in [2.75, 3.05) is 0 Å². The molecular formula is C16H13FN2OS. The van der Waals surface area contributed by atoms with Gasteiger partial charge in [0.25, 0.3) is 5.56 Å². The third-order valence-corrected chi connectivity index (χ3v) is 5.09. The predicted octanol–water partition coefficient (Wildman–Crippen LogP) is 3.20. The largest absolute Gasteiger partial charge is 0.310 e. The number of hydrogen-bond acceptors (Lipinski definition) is 3. The van der Waals surface area contributed by atoms with Crippen LogP contribution in [0.15, 0.2) is 29.1 Å². The van der Waals surface area contributed by atoms with Gasteiger partial charge in [0.2, 0.25) is 0 Å². The normalized spacial score (nSPS) is 13.8. The second kappa shape index (κ2) is 4.77. The number of H-pyrrole nitrogens is 1. The van der Waals surface area contributed by atoms with Crippen molar-refractivity contribution < 1.29 is 4.39 Å². The zero-order valence-electron chi connectivity index (χ0n) is 11.3. The first-order valence-corrected chi connectivity index (χ1v) is 7.80. The minimum atomic E-state index is -0.259. The molecule has 0 radical (unpaired) electrons. The van der Waals surface area contributed by atoms with E-state index < -0.39 is 0 Å². The van der Waals surface area contributed by atoms with Crippen LogP contribution >= 0.6 is 11.3 Å². The summed E-state index contributed by atoms with van der Waals surface area (Å²) in [5, 5.41) is 0.773. The third-order valence-electron chi connectivity index (χ3n) is 3.91. The van der Waals surface area contributed by atoms with Gasteiger partial charge in [-0.05, 0) is 42.5 Å². The maximum atomic E-state index is 12.9. The van der Waals surface area contributed by atoms with E-state index >= 15 is 0 Å². The van der Waals surface area contributed by atoms with Gasteiger partial charge < -0.3 is 4.98 Å². The van der Waals surface area contributed by atoms with Gasteiger partial charge in [0.15, 0.2) is 0 Å². The quantitative estimate of drug-likeness (QED) is 0.790. The number of benzene rings is 1. The summed E-state index contributed by atoms with van der Waals surface area (Å²) in [4.78, 5) is 21.9. The van der Waals surface area contributed by atoms with Crippen LogP contribution in [-0.2, 0) is 19.3 Å². The van der Waals surface area contributed by atoms with Crippen molar-refractivity contribution in [3.63, 3.8) is 0 Å². The molecular weight excluding hydrogens is 287 g/mol. The second-order valence-electron chi connectivity index (χ2n) is 5.35. The lowest BCUT2D eigenvalue weighted by Crippen LogP contribution is -2.12. The van der Waals surface area contributed by atoms with E-state index in [1.165, 1.54) is 22.6 Å². The highest BCUT2D eigenvalue weighted by Gasteiger charge is 2.21. The van der Waals surface area contributed by atoms with Crippen molar-refractivity contribution in [1.82, 2.24) is 9.97 Å². The highest BCUT2D eigenvalue weighted by atomic mass is 32.1. The summed E-state index contributed by atoms with van der Waals surface area (Å²) in [6, 6.07) is 6.28. The number of aryl methyl sites for hydroxylation is 2. The van der Waals surface area contributed by atoms with Gasteiger partial charge >= 0.3 is 0 Å². The third kappa shape index (κ3) is 2.17. The predicted molar refractivity (Wildman–Crippen MR) is 81.5 cm³/mol. The molecule has 0 saturated heterocycles. The maximum absolute atomic E-state index is 12.9. The smallest absolute Gasteiger partial charge is 0.259 e. The van der Waals surface area contributed by atoms with E-state index in [1.54, 1.807) is 23.5 Å². The van der Waals surface area contributed by atoms with Gasteiger partial charge in [0.05, 0.1) is 5.39 Å². The molecule has 2 heterocycles. The number of aromatic amines is 1. The van der Waals surface area contributed by atoms with Gasteiger partial charge in [-0.2, -0.15) is 0 Å². The first-order valence-electron chi connectivity index (χ1n) is 6.98. The first-order chi connectivity index (χ1) is 10.2. The number of fused-ring (bicyclic) bond motifs is 3. The molecule has 3 nitrogen and oxygen atoms in total. The van der Waals surface area contributed by atoms with Crippen molar-refractivity contribution in [1.29, 1.82) is 0 Å². The lowest BCUT2D eigenvalue weighted by atomic mass is 10.1. The van der Waals surface area contributed by atoms with Crippen molar-refractivity contribution in [3.8, 4) is 0 Å². The van der Waals surface area contributed by atoms with E-state index in [1.807, 2.05) is 0 Å². The van der Waals surface area contributed by atoms with Crippen LogP contribution in [-0.4, -0.2) is 9.97 Å².